The van der Waals surface area contributed by atoms with Crippen LogP contribution in [0.15, 0.2) is 51.7 Å². The van der Waals surface area contributed by atoms with E-state index in [2.05, 4.69) is 10.3 Å². The van der Waals surface area contributed by atoms with E-state index in [1.165, 1.54) is 24.3 Å². The molecular weight excluding hydrogens is 318 g/mol. The predicted molar refractivity (Wildman–Crippen MR) is 84.1 cm³/mol. The third-order valence-electron chi connectivity index (χ3n) is 3.10. The molecule has 0 bridgehead atoms. The number of non-ortho nitro benzene ring substituents is 1. The number of carbonyl (C=O) groups is 1. The van der Waals surface area contributed by atoms with Crippen LogP contribution in [0.25, 0.3) is 11.1 Å². The topological polar surface area (TPSA) is 127 Å². The fourth-order valence-electron chi connectivity index (χ4n) is 2.06. The summed E-state index contributed by atoms with van der Waals surface area (Å²) in [6.07, 6.45) is 0. The van der Waals surface area contributed by atoms with E-state index in [0.717, 1.165) is 0 Å². The fraction of sp³-hybridized carbons (Fsp3) is 0.0667. The number of H-pyrrole nitrogens is 1. The lowest BCUT2D eigenvalue weighted by Crippen LogP contribution is -2.20. The third-order valence-corrected chi connectivity index (χ3v) is 3.10. The molecule has 1 amide bonds. The molecule has 0 aliphatic rings. The van der Waals surface area contributed by atoms with Crippen molar-refractivity contribution in [3.8, 4) is 5.75 Å². The van der Waals surface area contributed by atoms with Crippen LogP contribution in [0.2, 0.25) is 0 Å². The van der Waals surface area contributed by atoms with E-state index in [4.69, 9.17) is 9.15 Å². The number of nitro benzene ring substituents is 1. The molecule has 0 aliphatic carbocycles. The first-order valence-electron chi connectivity index (χ1n) is 6.81. The van der Waals surface area contributed by atoms with Gasteiger partial charge in [0.2, 0.25) is 0 Å². The number of anilines is 1. The molecule has 2 aromatic carbocycles. The van der Waals surface area contributed by atoms with Crippen molar-refractivity contribution in [2.24, 2.45) is 0 Å². The summed E-state index contributed by atoms with van der Waals surface area (Å²) in [5.41, 5.74) is 1.16. The van der Waals surface area contributed by atoms with Gasteiger partial charge in [-0.1, -0.05) is 6.07 Å². The van der Waals surface area contributed by atoms with Crippen LogP contribution in [0.3, 0.4) is 0 Å². The Labute approximate surface area is 134 Å². The van der Waals surface area contributed by atoms with E-state index in [1.54, 1.807) is 18.2 Å². The number of aromatic amines is 1. The number of aromatic nitrogens is 1. The average Bonchev–Trinajstić information content (AvgIpc) is 2.92. The van der Waals surface area contributed by atoms with Crippen molar-refractivity contribution in [3.05, 3.63) is 63.1 Å². The first-order valence-corrected chi connectivity index (χ1v) is 6.81. The highest BCUT2D eigenvalue weighted by molar-refractivity contribution is 5.93. The molecule has 1 aromatic heterocycles. The van der Waals surface area contributed by atoms with Crippen LogP contribution in [-0.2, 0) is 4.79 Å². The summed E-state index contributed by atoms with van der Waals surface area (Å²) >= 11 is 0. The Bertz CT molecular complexity index is 974. The fourth-order valence-corrected chi connectivity index (χ4v) is 2.06. The second-order valence-corrected chi connectivity index (χ2v) is 4.82. The van der Waals surface area contributed by atoms with Gasteiger partial charge in [0.25, 0.3) is 11.6 Å². The third kappa shape index (κ3) is 3.40. The minimum atomic E-state index is -0.581. The number of rotatable bonds is 5. The summed E-state index contributed by atoms with van der Waals surface area (Å²) < 4.78 is 10.1. The molecule has 0 saturated heterocycles. The van der Waals surface area contributed by atoms with Crippen molar-refractivity contribution in [1.29, 1.82) is 0 Å². The zero-order valence-corrected chi connectivity index (χ0v) is 12.1. The number of nitro groups is 1. The summed E-state index contributed by atoms with van der Waals surface area (Å²) in [5.74, 6) is -0.817. The SMILES string of the molecule is O=C(COc1cccc([N+](=O)[O-])c1)Nc1ccc2oc(=O)[nH]c2c1. The van der Waals surface area contributed by atoms with Crippen LogP contribution in [-0.4, -0.2) is 22.4 Å². The highest BCUT2D eigenvalue weighted by Gasteiger charge is 2.09. The quantitative estimate of drug-likeness (QED) is 0.544. The second kappa shape index (κ2) is 6.24. The summed E-state index contributed by atoms with van der Waals surface area (Å²) in [4.78, 5) is 35.6. The van der Waals surface area contributed by atoms with Gasteiger partial charge in [-0.3, -0.25) is 19.9 Å². The first kappa shape index (κ1) is 15.3. The minimum absolute atomic E-state index is 0.123. The van der Waals surface area contributed by atoms with Crippen LogP contribution >= 0.6 is 0 Å². The molecule has 0 atom stereocenters. The highest BCUT2D eigenvalue weighted by Crippen LogP contribution is 2.19. The largest absolute Gasteiger partial charge is 0.484 e. The van der Waals surface area contributed by atoms with Crippen molar-refractivity contribution in [2.45, 2.75) is 0 Å². The van der Waals surface area contributed by atoms with Gasteiger partial charge in [-0.05, 0) is 24.3 Å². The van der Waals surface area contributed by atoms with Crippen LogP contribution < -0.4 is 15.8 Å². The van der Waals surface area contributed by atoms with Gasteiger partial charge in [0.05, 0.1) is 16.5 Å². The molecule has 3 rings (SSSR count). The maximum Gasteiger partial charge on any atom is 0.417 e. The van der Waals surface area contributed by atoms with Crippen LogP contribution in [0.5, 0.6) is 5.75 Å². The lowest BCUT2D eigenvalue weighted by Gasteiger charge is -2.07. The van der Waals surface area contributed by atoms with Gasteiger partial charge < -0.3 is 14.5 Å². The molecule has 122 valence electrons. The Hall–Kier alpha value is -3.62. The zero-order chi connectivity index (χ0) is 17.1. The van der Waals surface area contributed by atoms with E-state index in [9.17, 15) is 19.7 Å². The second-order valence-electron chi connectivity index (χ2n) is 4.82. The van der Waals surface area contributed by atoms with Gasteiger partial charge in [-0.2, -0.15) is 0 Å². The summed E-state index contributed by atoms with van der Waals surface area (Å²) in [6, 6.07) is 10.2. The molecule has 9 heteroatoms. The summed E-state index contributed by atoms with van der Waals surface area (Å²) in [6.45, 7) is -0.318. The number of hydrogen-bond donors (Lipinski definition) is 2. The molecule has 3 aromatic rings. The van der Waals surface area contributed by atoms with E-state index < -0.39 is 16.6 Å². The van der Waals surface area contributed by atoms with Crippen LogP contribution in [0, 0.1) is 10.1 Å². The van der Waals surface area contributed by atoms with Gasteiger partial charge in [-0.15, -0.1) is 0 Å². The van der Waals surface area contributed by atoms with Crippen molar-refractivity contribution in [2.75, 3.05) is 11.9 Å². The Morgan fingerprint density at radius 3 is 2.92 bits per heavy atom. The number of amides is 1. The van der Waals surface area contributed by atoms with E-state index >= 15 is 0 Å². The highest BCUT2D eigenvalue weighted by atomic mass is 16.6. The summed E-state index contributed by atoms with van der Waals surface area (Å²) in [5, 5.41) is 13.3. The first-order chi connectivity index (χ1) is 11.5. The zero-order valence-electron chi connectivity index (χ0n) is 12.1. The smallest absolute Gasteiger partial charge is 0.417 e. The molecule has 2 N–H and O–H groups in total. The maximum atomic E-state index is 11.9. The normalized spacial score (nSPS) is 10.5. The molecule has 0 fully saturated rings. The van der Waals surface area contributed by atoms with Crippen LogP contribution in [0.1, 0.15) is 0 Å². The molecule has 0 saturated carbocycles. The molecular formula is C15H11N3O6. The van der Waals surface area contributed by atoms with Crippen LogP contribution in [0.4, 0.5) is 11.4 Å². The molecule has 24 heavy (non-hydrogen) atoms. The molecule has 1 heterocycles. The maximum absolute atomic E-state index is 11.9. The predicted octanol–water partition coefficient (Wildman–Crippen LogP) is 2.05. The summed E-state index contributed by atoms with van der Waals surface area (Å²) in [7, 11) is 0. The number of nitrogens with one attached hydrogen (secondary N) is 2. The molecule has 0 aliphatic heterocycles. The van der Waals surface area contributed by atoms with Crippen molar-refractivity contribution in [3.63, 3.8) is 0 Å². The van der Waals surface area contributed by atoms with Crippen molar-refractivity contribution >= 4 is 28.4 Å². The monoisotopic (exact) mass is 329 g/mol. The van der Waals surface area contributed by atoms with Gasteiger partial charge in [0.15, 0.2) is 12.2 Å². The Morgan fingerprint density at radius 1 is 1.29 bits per heavy atom. The number of ether oxygens (including phenoxy) is 1. The van der Waals surface area contributed by atoms with Crippen molar-refractivity contribution < 1.29 is 18.9 Å². The lowest BCUT2D eigenvalue weighted by atomic mass is 10.3. The Morgan fingerprint density at radius 2 is 2.12 bits per heavy atom. The number of oxazole rings is 1. The van der Waals surface area contributed by atoms with E-state index in [0.29, 0.717) is 16.8 Å². The Kier molecular flexibility index (Phi) is 3.98. The van der Waals surface area contributed by atoms with Gasteiger partial charge in [-0.25, -0.2) is 4.79 Å². The van der Waals surface area contributed by atoms with Crippen molar-refractivity contribution in [1.82, 2.24) is 4.98 Å². The molecule has 0 spiro atoms. The lowest BCUT2D eigenvalue weighted by molar-refractivity contribution is -0.384. The number of nitrogens with zero attached hydrogens (tertiary/aromatic N) is 1. The number of carbonyl (C=O) groups excluding carboxylic acids is 1. The Balaban J connectivity index is 1.63. The minimum Gasteiger partial charge on any atom is -0.484 e. The van der Waals surface area contributed by atoms with Gasteiger partial charge >= 0.3 is 5.76 Å². The number of fused-ring (bicyclic) bond motifs is 1. The van der Waals surface area contributed by atoms with E-state index in [-0.39, 0.29) is 18.0 Å². The molecule has 0 radical (unpaired) electrons. The molecule has 9 nitrogen and oxygen atoms in total. The van der Waals surface area contributed by atoms with Gasteiger partial charge in [0, 0.05) is 11.8 Å². The van der Waals surface area contributed by atoms with Gasteiger partial charge in [0.1, 0.15) is 5.75 Å². The average molecular weight is 329 g/mol. The van der Waals surface area contributed by atoms with E-state index in [1.807, 2.05) is 0 Å². The molecule has 0 unspecified atom stereocenters. The standard InChI is InChI=1S/C15H11N3O6/c19-14(8-23-11-3-1-2-10(7-11)18(21)22)16-9-4-5-13-12(6-9)17-15(20)24-13/h1-7H,8H2,(H,16,19)(H,17,20). The number of benzene rings is 2. The number of hydrogen-bond acceptors (Lipinski definition) is 6.